The minimum absolute atomic E-state index is 0.0551. The number of piperazine rings is 1. The van der Waals surface area contributed by atoms with Crippen LogP contribution in [0.15, 0.2) is 24.3 Å². The first-order valence-corrected chi connectivity index (χ1v) is 8.73. The number of benzene rings is 1. The van der Waals surface area contributed by atoms with Crippen LogP contribution in [0.4, 0.5) is 15.3 Å². The van der Waals surface area contributed by atoms with Crippen molar-refractivity contribution in [1.29, 1.82) is 0 Å². The van der Waals surface area contributed by atoms with Crippen LogP contribution in [0.5, 0.6) is 0 Å². The van der Waals surface area contributed by atoms with Crippen LogP contribution in [0.2, 0.25) is 0 Å². The summed E-state index contributed by atoms with van der Waals surface area (Å²) >= 11 is 0. The summed E-state index contributed by atoms with van der Waals surface area (Å²) in [7, 11) is 0. The summed E-state index contributed by atoms with van der Waals surface area (Å²) in [4.78, 5) is 39.5. The molecule has 1 aromatic rings. The molecule has 1 saturated heterocycles. The molecule has 142 valence electrons. The molecule has 0 unspecified atom stereocenters. The summed E-state index contributed by atoms with van der Waals surface area (Å²) in [5, 5.41) is 2.82. The molecule has 0 spiro atoms. The Balaban J connectivity index is 1.96. The zero-order valence-electron chi connectivity index (χ0n) is 16.0. The number of anilines is 1. The number of ketones is 1. The molecule has 1 heterocycles. The van der Waals surface area contributed by atoms with E-state index in [2.05, 4.69) is 5.32 Å². The van der Waals surface area contributed by atoms with Gasteiger partial charge in [-0.1, -0.05) is 12.1 Å². The standard InChI is InChI=1S/C19H27N3O4/c1-13-12-21(18(25)26-19(3,4)5)9-10-22(13)17(24)20-16-8-6-7-15(11-16)14(2)23/h6-8,11,13H,9-10,12H2,1-5H3,(H,20,24)/t13-/m1/s1. The van der Waals surface area contributed by atoms with E-state index in [9.17, 15) is 14.4 Å². The number of Topliss-reactive ketones (excluding diaryl/α,β-unsaturated/α-hetero) is 1. The van der Waals surface area contributed by atoms with E-state index in [-0.39, 0.29) is 23.9 Å². The maximum absolute atomic E-state index is 12.6. The van der Waals surface area contributed by atoms with Gasteiger partial charge in [0.25, 0.3) is 0 Å². The highest BCUT2D eigenvalue weighted by Crippen LogP contribution is 2.17. The van der Waals surface area contributed by atoms with Gasteiger partial charge < -0.3 is 19.9 Å². The number of carbonyl (C=O) groups excluding carboxylic acids is 3. The Morgan fingerprint density at radius 3 is 2.46 bits per heavy atom. The molecular formula is C19H27N3O4. The molecule has 0 aromatic heterocycles. The Hall–Kier alpha value is -2.57. The average molecular weight is 361 g/mol. The van der Waals surface area contributed by atoms with Gasteiger partial charge in [0.1, 0.15) is 5.60 Å². The molecule has 1 aliphatic heterocycles. The first-order valence-electron chi connectivity index (χ1n) is 8.73. The van der Waals surface area contributed by atoms with Crippen molar-refractivity contribution in [2.45, 2.75) is 46.3 Å². The van der Waals surface area contributed by atoms with Gasteiger partial charge in [-0.15, -0.1) is 0 Å². The zero-order chi connectivity index (χ0) is 19.5. The highest BCUT2D eigenvalue weighted by Gasteiger charge is 2.32. The van der Waals surface area contributed by atoms with Crippen LogP contribution < -0.4 is 5.32 Å². The lowest BCUT2D eigenvalue weighted by molar-refractivity contribution is 0.0112. The van der Waals surface area contributed by atoms with Gasteiger partial charge in [0.15, 0.2) is 5.78 Å². The van der Waals surface area contributed by atoms with Crippen LogP contribution in [0.3, 0.4) is 0 Å². The predicted molar refractivity (Wildman–Crippen MR) is 99.4 cm³/mol. The van der Waals surface area contributed by atoms with E-state index in [1.54, 1.807) is 34.1 Å². The number of urea groups is 1. The second-order valence-electron chi connectivity index (χ2n) is 7.54. The van der Waals surface area contributed by atoms with Crippen LogP contribution in [0.25, 0.3) is 0 Å². The molecule has 7 nitrogen and oxygen atoms in total. The number of hydrogen-bond acceptors (Lipinski definition) is 4. The fraction of sp³-hybridized carbons (Fsp3) is 0.526. The Labute approximate surface area is 154 Å². The number of nitrogens with one attached hydrogen (secondary N) is 1. The second kappa shape index (κ2) is 7.76. The van der Waals surface area contributed by atoms with E-state index in [1.807, 2.05) is 27.7 Å². The maximum Gasteiger partial charge on any atom is 0.410 e. The van der Waals surface area contributed by atoms with Gasteiger partial charge in [-0.3, -0.25) is 4.79 Å². The summed E-state index contributed by atoms with van der Waals surface area (Å²) in [6, 6.07) is 6.44. The number of carbonyl (C=O) groups is 3. The zero-order valence-corrected chi connectivity index (χ0v) is 16.0. The summed E-state index contributed by atoms with van der Waals surface area (Å²) in [6.45, 7) is 10.1. The van der Waals surface area contributed by atoms with Crippen LogP contribution in [0.1, 0.15) is 45.0 Å². The molecule has 0 saturated carbocycles. The summed E-state index contributed by atoms with van der Waals surface area (Å²) in [5.74, 6) is -0.0551. The molecule has 1 aromatic carbocycles. The highest BCUT2D eigenvalue weighted by molar-refractivity contribution is 5.96. The van der Waals surface area contributed by atoms with Crippen molar-refractivity contribution in [3.05, 3.63) is 29.8 Å². The lowest BCUT2D eigenvalue weighted by Crippen LogP contribution is -2.57. The molecule has 3 amide bonds. The van der Waals surface area contributed by atoms with Crippen LogP contribution in [-0.2, 0) is 4.74 Å². The van der Waals surface area contributed by atoms with Crippen LogP contribution in [-0.4, -0.2) is 59.0 Å². The summed E-state index contributed by atoms with van der Waals surface area (Å²) in [5.41, 5.74) is 0.575. The van der Waals surface area contributed by atoms with Crippen molar-refractivity contribution in [2.24, 2.45) is 0 Å². The van der Waals surface area contributed by atoms with E-state index >= 15 is 0 Å². The third kappa shape index (κ3) is 5.21. The third-order valence-corrected chi connectivity index (χ3v) is 4.06. The molecular weight excluding hydrogens is 334 g/mol. The highest BCUT2D eigenvalue weighted by atomic mass is 16.6. The number of rotatable bonds is 2. The quantitative estimate of drug-likeness (QED) is 0.819. The Morgan fingerprint density at radius 2 is 1.88 bits per heavy atom. The Morgan fingerprint density at radius 1 is 1.19 bits per heavy atom. The largest absolute Gasteiger partial charge is 0.444 e. The smallest absolute Gasteiger partial charge is 0.410 e. The number of nitrogens with zero attached hydrogens (tertiary/aromatic N) is 2. The third-order valence-electron chi connectivity index (χ3n) is 4.06. The summed E-state index contributed by atoms with van der Waals surface area (Å²) in [6.07, 6.45) is -0.362. The van der Waals surface area contributed by atoms with Crippen molar-refractivity contribution in [3.8, 4) is 0 Å². The van der Waals surface area contributed by atoms with Crippen molar-refractivity contribution in [1.82, 2.24) is 9.80 Å². The molecule has 2 rings (SSSR count). The van der Waals surface area contributed by atoms with Crippen LogP contribution >= 0.6 is 0 Å². The summed E-state index contributed by atoms with van der Waals surface area (Å²) < 4.78 is 5.39. The van der Waals surface area contributed by atoms with Crippen molar-refractivity contribution >= 4 is 23.6 Å². The molecule has 26 heavy (non-hydrogen) atoms. The van der Waals surface area contributed by atoms with Crippen LogP contribution in [0, 0.1) is 0 Å². The van der Waals surface area contributed by atoms with Gasteiger partial charge in [-0.05, 0) is 46.8 Å². The van der Waals surface area contributed by atoms with E-state index < -0.39 is 5.60 Å². The van der Waals surface area contributed by atoms with E-state index in [4.69, 9.17) is 4.74 Å². The maximum atomic E-state index is 12.6. The molecule has 7 heteroatoms. The SMILES string of the molecule is CC(=O)c1cccc(NC(=O)N2CCN(C(=O)OC(C)(C)C)C[C@H]2C)c1. The topological polar surface area (TPSA) is 79.0 Å². The molecule has 1 fully saturated rings. The van der Waals surface area contributed by atoms with E-state index in [0.717, 1.165) is 0 Å². The van der Waals surface area contributed by atoms with E-state index in [1.165, 1.54) is 6.92 Å². The molecule has 0 aliphatic carbocycles. The monoisotopic (exact) mass is 361 g/mol. The van der Waals surface area contributed by atoms with Gasteiger partial charge >= 0.3 is 12.1 Å². The van der Waals surface area contributed by atoms with E-state index in [0.29, 0.717) is 30.9 Å². The second-order valence-corrected chi connectivity index (χ2v) is 7.54. The molecule has 1 aliphatic rings. The van der Waals surface area contributed by atoms with Gasteiger partial charge in [0.05, 0.1) is 0 Å². The average Bonchev–Trinajstić information content (AvgIpc) is 2.53. The minimum atomic E-state index is -0.545. The van der Waals surface area contributed by atoms with Crippen molar-refractivity contribution in [3.63, 3.8) is 0 Å². The number of ether oxygens (including phenoxy) is 1. The Kier molecular flexibility index (Phi) is 5.90. The fourth-order valence-electron chi connectivity index (χ4n) is 2.76. The molecule has 0 radical (unpaired) electrons. The Bertz CT molecular complexity index is 696. The molecule has 1 atom stereocenters. The van der Waals surface area contributed by atoms with Crippen molar-refractivity contribution in [2.75, 3.05) is 25.0 Å². The number of hydrogen-bond donors (Lipinski definition) is 1. The lowest BCUT2D eigenvalue weighted by Gasteiger charge is -2.40. The first-order chi connectivity index (χ1) is 12.1. The van der Waals surface area contributed by atoms with Gasteiger partial charge in [0.2, 0.25) is 0 Å². The van der Waals surface area contributed by atoms with Gasteiger partial charge in [-0.25, -0.2) is 9.59 Å². The van der Waals surface area contributed by atoms with Gasteiger partial charge in [0, 0.05) is 36.9 Å². The normalized spacial score (nSPS) is 17.7. The predicted octanol–water partition coefficient (Wildman–Crippen LogP) is 3.36. The first kappa shape index (κ1) is 19.8. The van der Waals surface area contributed by atoms with Gasteiger partial charge in [-0.2, -0.15) is 0 Å². The van der Waals surface area contributed by atoms with Crippen molar-refractivity contribution < 1.29 is 19.1 Å². The minimum Gasteiger partial charge on any atom is -0.444 e. The molecule has 0 bridgehead atoms. The number of amides is 3. The molecule has 1 N–H and O–H groups in total. The lowest BCUT2D eigenvalue weighted by atomic mass is 10.1. The fourth-order valence-corrected chi connectivity index (χ4v) is 2.76.